The molecule has 0 amide bonds. The smallest absolute Gasteiger partial charge is 0.346 e. The second-order valence-corrected chi connectivity index (χ2v) is 16.7. The third-order valence-electron chi connectivity index (χ3n) is 10.0. The molecule has 0 fully saturated rings. The first-order valence-electron chi connectivity index (χ1n) is 19.0. The third-order valence-corrected chi connectivity index (χ3v) is 13.7. The minimum atomic E-state index is -1.27. The fourth-order valence-corrected chi connectivity index (χ4v) is 10.7. The zero-order chi connectivity index (χ0) is 42.5. The number of para-hydroxylation sites is 2. The Bertz CT molecular complexity index is 2820. The quantitative estimate of drug-likeness (QED) is 0.0852. The first kappa shape index (κ1) is 40.7. The fourth-order valence-electron chi connectivity index (χ4n) is 7.21. The van der Waals surface area contributed by atoms with Gasteiger partial charge in [-0.3, -0.25) is 0 Å². The number of ether oxygens (including phenoxy) is 4. The first-order chi connectivity index (χ1) is 29.8. The molecule has 0 saturated carbocycles. The number of aliphatic carboxylic acids is 1. The molecule has 8 aromatic rings. The zero-order valence-corrected chi connectivity index (χ0v) is 36.0. The molecule has 1 N–H and O–H groups in total. The van der Waals surface area contributed by atoms with Crippen molar-refractivity contribution in [1.82, 2.24) is 0 Å². The molecule has 0 saturated heterocycles. The van der Waals surface area contributed by atoms with E-state index in [1.807, 2.05) is 84.9 Å². The molecule has 0 aliphatic rings. The summed E-state index contributed by atoms with van der Waals surface area (Å²) in [6.45, 7) is 0. The van der Waals surface area contributed by atoms with Crippen LogP contribution in [0.3, 0.4) is 0 Å². The predicted octanol–water partition coefficient (Wildman–Crippen LogP) is 13.7. The molecule has 0 radical (unpaired) electrons. The van der Waals surface area contributed by atoms with Gasteiger partial charge in [-0.25, -0.2) is 4.79 Å². The monoisotopic (exact) mass is 858 g/mol. The van der Waals surface area contributed by atoms with Gasteiger partial charge in [-0.1, -0.05) is 60.7 Å². The Morgan fingerprint density at radius 1 is 0.557 bits per heavy atom. The van der Waals surface area contributed by atoms with Crippen molar-refractivity contribution in [2.45, 2.75) is 0 Å². The molecular formula is C50H38N2O6S3. The normalized spacial score (nSPS) is 11.2. The summed E-state index contributed by atoms with van der Waals surface area (Å²) < 4.78 is 24.0. The summed E-state index contributed by atoms with van der Waals surface area (Å²) in [5.74, 6) is 1.34. The number of carbonyl (C=O) groups is 1. The summed E-state index contributed by atoms with van der Waals surface area (Å²) in [4.78, 5) is 19.4. The number of rotatable bonds is 14. The van der Waals surface area contributed by atoms with Gasteiger partial charge < -0.3 is 29.0 Å². The van der Waals surface area contributed by atoms with Gasteiger partial charge in [0.1, 0.15) is 34.6 Å². The largest absolute Gasteiger partial charge is 0.496 e. The van der Waals surface area contributed by atoms with Crippen LogP contribution in [0.2, 0.25) is 0 Å². The second kappa shape index (κ2) is 18.0. The highest BCUT2D eigenvalue weighted by atomic mass is 32.1. The number of methoxy groups -OCH3 is 4. The highest BCUT2D eigenvalue weighted by Gasteiger charge is 2.28. The van der Waals surface area contributed by atoms with E-state index in [2.05, 4.69) is 65.6 Å². The van der Waals surface area contributed by atoms with Crippen LogP contribution in [0, 0.1) is 11.3 Å². The Morgan fingerprint density at radius 2 is 1.02 bits per heavy atom. The zero-order valence-electron chi connectivity index (χ0n) is 33.5. The maximum atomic E-state index is 11.7. The summed E-state index contributed by atoms with van der Waals surface area (Å²) >= 11 is 4.69. The first-order valence-corrected chi connectivity index (χ1v) is 21.5. The van der Waals surface area contributed by atoms with Crippen LogP contribution in [0.25, 0.3) is 58.3 Å². The van der Waals surface area contributed by atoms with Gasteiger partial charge in [0.25, 0.3) is 0 Å². The molecule has 0 atom stereocenters. The Labute approximate surface area is 366 Å². The Hall–Kier alpha value is -7.10. The SMILES string of the molecule is COc1cccc(OC)c1-c1cc(-c2ccc(N(c3ccccc3)c3ccccc3)cc2)sc1-c1sc(-c2ccc(/C=C(\C#N)C(=O)O)s2)cc1-c1c(OC)cccc1OC. The average molecular weight is 859 g/mol. The summed E-state index contributed by atoms with van der Waals surface area (Å²) in [7, 11) is 6.61. The lowest BCUT2D eigenvalue weighted by atomic mass is 9.98. The maximum absolute atomic E-state index is 11.7. The molecule has 302 valence electrons. The van der Waals surface area contributed by atoms with Crippen molar-refractivity contribution in [2.75, 3.05) is 33.3 Å². The van der Waals surface area contributed by atoms with Crippen molar-refractivity contribution in [3.8, 4) is 81.3 Å². The van der Waals surface area contributed by atoms with Gasteiger partial charge in [0.2, 0.25) is 0 Å². The van der Waals surface area contributed by atoms with Gasteiger partial charge in [0.15, 0.2) is 0 Å². The molecule has 0 bridgehead atoms. The van der Waals surface area contributed by atoms with Crippen molar-refractivity contribution < 1.29 is 28.8 Å². The maximum Gasteiger partial charge on any atom is 0.346 e. The Morgan fingerprint density at radius 3 is 1.48 bits per heavy atom. The van der Waals surface area contributed by atoms with Gasteiger partial charge >= 0.3 is 5.97 Å². The summed E-state index contributed by atoms with van der Waals surface area (Å²) in [5, 5.41) is 19.0. The van der Waals surface area contributed by atoms with Gasteiger partial charge in [-0.2, -0.15) is 5.26 Å². The predicted molar refractivity (Wildman–Crippen MR) is 249 cm³/mol. The molecular weight excluding hydrogens is 821 g/mol. The van der Waals surface area contributed by atoms with Crippen LogP contribution in [0.5, 0.6) is 23.0 Å². The highest BCUT2D eigenvalue weighted by Crippen LogP contribution is 2.56. The minimum Gasteiger partial charge on any atom is -0.496 e. The Kier molecular flexibility index (Phi) is 12.0. The van der Waals surface area contributed by atoms with E-state index < -0.39 is 5.97 Å². The Balaban J connectivity index is 1.34. The lowest BCUT2D eigenvalue weighted by Gasteiger charge is -2.25. The molecule has 0 spiro atoms. The van der Waals surface area contributed by atoms with E-state index in [1.54, 1.807) is 57.2 Å². The molecule has 11 heteroatoms. The van der Waals surface area contributed by atoms with Crippen molar-refractivity contribution in [1.29, 1.82) is 5.26 Å². The minimum absolute atomic E-state index is 0.331. The lowest BCUT2D eigenvalue weighted by molar-refractivity contribution is -0.132. The van der Waals surface area contributed by atoms with Crippen molar-refractivity contribution in [3.63, 3.8) is 0 Å². The number of thiophene rings is 3. The van der Waals surface area contributed by atoms with Crippen molar-refractivity contribution in [3.05, 3.63) is 156 Å². The van der Waals surface area contributed by atoms with E-state index in [9.17, 15) is 15.2 Å². The number of hydrogen-bond acceptors (Lipinski definition) is 10. The van der Waals surface area contributed by atoms with Crippen LogP contribution in [-0.2, 0) is 4.79 Å². The number of nitriles is 1. The number of carboxylic acids is 1. The van der Waals surface area contributed by atoms with E-state index in [0.717, 1.165) is 69.3 Å². The van der Waals surface area contributed by atoms with Crippen LogP contribution in [0.4, 0.5) is 17.1 Å². The molecule has 61 heavy (non-hydrogen) atoms. The van der Waals surface area contributed by atoms with Gasteiger partial charge in [0.05, 0.1) is 49.3 Å². The second-order valence-electron chi connectivity index (χ2n) is 13.5. The van der Waals surface area contributed by atoms with Gasteiger partial charge in [-0.15, -0.1) is 34.0 Å². The molecule has 5 aromatic carbocycles. The highest BCUT2D eigenvalue weighted by molar-refractivity contribution is 7.28. The van der Waals surface area contributed by atoms with Gasteiger partial charge in [-0.05, 0) is 96.6 Å². The topological polar surface area (TPSA) is 101 Å². The lowest BCUT2D eigenvalue weighted by Crippen LogP contribution is -2.09. The standard InChI is InChI=1S/C50H38N2O6S3/c1-55-39-17-11-18-40(56-2)46(39)37-28-44(31-21-23-35(24-22-31)52(33-13-7-5-8-14-33)34-15-9-6-10-16-34)60-48(37)49-38(47-41(57-3)19-12-20-42(47)58-4)29-45(61-49)43-26-25-36(59-43)27-32(30-51)50(53)54/h5-29H,1-4H3,(H,53,54)/b32-27+. The van der Waals surface area contributed by atoms with E-state index in [1.165, 1.54) is 17.4 Å². The number of benzene rings is 5. The fraction of sp³-hybridized carbons (Fsp3) is 0.0800. The average Bonchev–Trinajstić information content (AvgIpc) is 4.07. The van der Waals surface area contributed by atoms with Crippen LogP contribution >= 0.6 is 34.0 Å². The molecule has 8 nitrogen and oxygen atoms in total. The van der Waals surface area contributed by atoms with Crippen LogP contribution in [0.1, 0.15) is 4.88 Å². The van der Waals surface area contributed by atoms with Crippen LogP contribution in [0.15, 0.2) is 151 Å². The number of anilines is 3. The van der Waals surface area contributed by atoms with E-state index >= 15 is 0 Å². The van der Waals surface area contributed by atoms with E-state index in [4.69, 9.17) is 18.9 Å². The molecule has 0 unspecified atom stereocenters. The molecule has 0 aliphatic carbocycles. The van der Waals surface area contributed by atoms with E-state index in [0.29, 0.717) is 27.9 Å². The number of nitrogens with zero attached hydrogens (tertiary/aromatic N) is 2. The summed E-state index contributed by atoms with van der Waals surface area (Å²) in [6, 6.07) is 50.7. The van der Waals surface area contributed by atoms with Crippen molar-refractivity contribution in [2.24, 2.45) is 0 Å². The van der Waals surface area contributed by atoms with Gasteiger partial charge in [0, 0.05) is 47.7 Å². The number of hydrogen-bond donors (Lipinski definition) is 1. The number of carboxylic acid groups (broad SMARTS) is 1. The molecule has 3 heterocycles. The molecule has 8 rings (SSSR count). The van der Waals surface area contributed by atoms with Crippen LogP contribution < -0.4 is 23.8 Å². The van der Waals surface area contributed by atoms with Crippen molar-refractivity contribution >= 4 is 63.1 Å². The molecule has 3 aromatic heterocycles. The van der Waals surface area contributed by atoms with Crippen LogP contribution in [-0.4, -0.2) is 39.5 Å². The third kappa shape index (κ3) is 8.12. The summed E-state index contributed by atoms with van der Waals surface area (Å²) in [5.41, 5.74) is 7.25. The summed E-state index contributed by atoms with van der Waals surface area (Å²) in [6.07, 6.45) is 1.40. The molecule has 0 aliphatic heterocycles. The van der Waals surface area contributed by atoms with E-state index in [-0.39, 0.29) is 5.57 Å².